The van der Waals surface area contributed by atoms with Crippen LogP contribution in [0.5, 0.6) is 0 Å². The van der Waals surface area contributed by atoms with E-state index in [1.807, 2.05) is 13.0 Å². The minimum absolute atomic E-state index is 0.186. The molecule has 0 spiro atoms. The van der Waals surface area contributed by atoms with E-state index >= 15 is 0 Å². The molecule has 25 heavy (non-hydrogen) atoms. The summed E-state index contributed by atoms with van der Waals surface area (Å²) >= 11 is 0. The molecule has 1 N–H and O–H groups in total. The maximum atomic E-state index is 12.2. The third-order valence-electron chi connectivity index (χ3n) is 4.17. The van der Waals surface area contributed by atoms with E-state index in [-0.39, 0.29) is 23.7 Å². The topological polar surface area (TPSA) is 93.0 Å². The molecule has 0 aliphatic carbocycles. The first-order valence-electron chi connectivity index (χ1n) is 8.45. The lowest BCUT2D eigenvalue weighted by Crippen LogP contribution is -2.31. The van der Waals surface area contributed by atoms with Gasteiger partial charge in [0, 0.05) is 38.0 Å². The highest BCUT2D eigenvalue weighted by Gasteiger charge is 2.15. The Morgan fingerprint density at radius 2 is 1.96 bits per heavy atom. The van der Waals surface area contributed by atoms with Crippen molar-refractivity contribution in [3.63, 3.8) is 0 Å². The molecule has 1 saturated heterocycles. The Hall–Kier alpha value is -2.77. The van der Waals surface area contributed by atoms with Crippen molar-refractivity contribution in [3.8, 4) is 0 Å². The lowest BCUT2D eigenvalue weighted by atomic mass is 10.1. The van der Waals surface area contributed by atoms with E-state index < -0.39 is 0 Å². The van der Waals surface area contributed by atoms with Gasteiger partial charge in [0.15, 0.2) is 0 Å². The van der Waals surface area contributed by atoms with Gasteiger partial charge in [0.2, 0.25) is 0 Å². The molecule has 132 valence electrons. The number of hydrogen-bond acceptors (Lipinski definition) is 6. The molecule has 2 aromatic rings. The first kappa shape index (κ1) is 17.1. The average molecular weight is 342 g/mol. The summed E-state index contributed by atoms with van der Waals surface area (Å²) in [6, 6.07) is 4.71. The normalized spacial score (nSPS) is 14.4. The lowest BCUT2D eigenvalue weighted by Gasteiger charge is -2.28. The number of rotatable bonds is 4. The number of piperidine rings is 1. The number of carbonyl (C=O) groups excluding carboxylic acids is 1. The van der Waals surface area contributed by atoms with Crippen molar-refractivity contribution < 1.29 is 4.79 Å². The molecule has 0 radical (unpaired) electrons. The Bertz CT molecular complexity index is 826. The number of nitrogens with one attached hydrogen (secondary N) is 1. The molecule has 2 aromatic heterocycles. The molecule has 0 aromatic carbocycles. The predicted molar refractivity (Wildman–Crippen MR) is 93.5 cm³/mol. The number of hydrogen-bond donors (Lipinski definition) is 1. The Labute approximate surface area is 145 Å². The van der Waals surface area contributed by atoms with Gasteiger partial charge in [-0.25, -0.2) is 14.6 Å². The van der Waals surface area contributed by atoms with Crippen LogP contribution in [0.2, 0.25) is 0 Å². The lowest BCUT2D eigenvalue weighted by molar-refractivity contribution is 0.0942. The quantitative estimate of drug-likeness (QED) is 0.883. The fraction of sp³-hybridized carbons (Fsp3) is 0.471. The zero-order valence-corrected chi connectivity index (χ0v) is 14.5. The number of amides is 1. The zero-order valence-electron chi connectivity index (χ0n) is 14.5. The van der Waals surface area contributed by atoms with Crippen molar-refractivity contribution in [2.24, 2.45) is 7.05 Å². The van der Waals surface area contributed by atoms with Crippen LogP contribution in [0.4, 0.5) is 5.82 Å². The second-order valence-corrected chi connectivity index (χ2v) is 6.19. The van der Waals surface area contributed by atoms with Gasteiger partial charge in [0.25, 0.3) is 11.5 Å². The molecular formula is C17H22N6O2. The molecule has 1 fully saturated rings. The SMILES string of the molecule is Cc1cc(N2CCCCC2)nc(CNC(=O)c2ccc(=O)n(C)n2)n1. The van der Waals surface area contributed by atoms with Gasteiger partial charge in [-0.2, -0.15) is 5.10 Å². The zero-order chi connectivity index (χ0) is 17.8. The van der Waals surface area contributed by atoms with Crippen LogP contribution in [0.3, 0.4) is 0 Å². The Balaban J connectivity index is 1.69. The van der Waals surface area contributed by atoms with E-state index in [2.05, 4.69) is 25.3 Å². The van der Waals surface area contributed by atoms with Crippen molar-refractivity contribution in [3.05, 3.63) is 45.8 Å². The first-order valence-corrected chi connectivity index (χ1v) is 8.45. The second kappa shape index (κ2) is 7.42. The van der Waals surface area contributed by atoms with Gasteiger partial charge in [0.05, 0.1) is 6.54 Å². The summed E-state index contributed by atoms with van der Waals surface area (Å²) in [7, 11) is 1.51. The number of aryl methyl sites for hydroxylation is 2. The molecule has 8 heteroatoms. The molecule has 3 rings (SSSR count). The van der Waals surface area contributed by atoms with E-state index in [9.17, 15) is 9.59 Å². The van der Waals surface area contributed by atoms with Crippen LogP contribution in [0.15, 0.2) is 23.0 Å². The Morgan fingerprint density at radius 1 is 1.20 bits per heavy atom. The maximum absolute atomic E-state index is 12.2. The van der Waals surface area contributed by atoms with Crippen molar-refractivity contribution in [1.29, 1.82) is 0 Å². The number of anilines is 1. The summed E-state index contributed by atoms with van der Waals surface area (Å²) in [5.41, 5.74) is 0.802. The summed E-state index contributed by atoms with van der Waals surface area (Å²) in [4.78, 5) is 34.8. The van der Waals surface area contributed by atoms with Gasteiger partial charge in [-0.3, -0.25) is 9.59 Å². The Morgan fingerprint density at radius 3 is 2.68 bits per heavy atom. The molecule has 8 nitrogen and oxygen atoms in total. The summed E-state index contributed by atoms with van der Waals surface area (Å²) in [6.07, 6.45) is 3.61. The van der Waals surface area contributed by atoms with Gasteiger partial charge >= 0.3 is 0 Å². The average Bonchev–Trinajstić information content (AvgIpc) is 2.62. The van der Waals surface area contributed by atoms with Gasteiger partial charge in [-0.15, -0.1) is 0 Å². The van der Waals surface area contributed by atoms with Gasteiger partial charge in [-0.05, 0) is 32.3 Å². The van der Waals surface area contributed by atoms with E-state index in [1.54, 1.807) is 0 Å². The fourth-order valence-electron chi connectivity index (χ4n) is 2.85. The fourth-order valence-corrected chi connectivity index (χ4v) is 2.85. The van der Waals surface area contributed by atoms with E-state index in [0.29, 0.717) is 5.82 Å². The highest BCUT2D eigenvalue weighted by molar-refractivity contribution is 5.91. The summed E-state index contributed by atoms with van der Waals surface area (Å²) < 4.78 is 1.13. The van der Waals surface area contributed by atoms with E-state index in [0.717, 1.165) is 29.3 Å². The minimum atomic E-state index is -0.361. The molecule has 0 saturated carbocycles. The van der Waals surface area contributed by atoms with Crippen LogP contribution in [-0.2, 0) is 13.6 Å². The number of carbonyl (C=O) groups is 1. The van der Waals surface area contributed by atoms with E-state index in [1.165, 1.54) is 38.4 Å². The maximum Gasteiger partial charge on any atom is 0.272 e. The first-order chi connectivity index (χ1) is 12.0. The summed E-state index contributed by atoms with van der Waals surface area (Å²) in [5, 5.41) is 6.70. The van der Waals surface area contributed by atoms with Crippen molar-refractivity contribution >= 4 is 11.7 Å². The predicted octanol–water partition coefficient (Wildman–Crippen LogP) is 0.799. The van der Waals surface area contributed by atoms with Gasteiger partial charge in [0.1, 0.15) is 17.3 Å². The molecule has 1 amide bonds. The molecule has 3 heterocycles. The van der Waals surface area contributed by atoms with Crippen LogP contribution < -0.4 is 15.8 Å². The molecule has 1 aliphatic heterocycles. The van der Waals surface area contributed by atoms with Crippen LogP contribution in [0.1, 0.15) is 41.3 Å². The highest BCUT2D eigenvalue weighted by Crippen LogP contribution is 2.18. The Kier molecular flexibility index (Phi) is 5.06. The number of nitrogens with zero attached hydrogens (tertiary/aromatic N) is 5. The van der Waals surface area contributed by atoms with Crippen molar-refractivity contribution in [2.75, 3.05) is 18.0 Å². The van der Waals surface area contributed by atoms with Crippen molar-refractivity contribution in [2.45, 2.75) is 32.7 Å². The molecule has 0 bridgehead atoms. The van der Waals surface area contributed by atoms with Crippen LogP contribution in [0.25, 0.3) is 0 Å². The van der Waals surface area contributed by atoms with Crippen LogP contribution in [-0.4, -0.2) is 38.7 Å². The summed E-state index contributed by atoms with van der Waals surface area (Å²) in [6.45, 7) is 4.15. The van der Waals surface area contributed by atoms with Crippen molar-refractivity contribution in [1.82, 2.24) is 25.1 Å². The highest BCUT2D eigenvalue weighted by atomic mass is 16.2. The number of aromatic nitrogens is 4. The van der Waals surface area contributed by atoms with Gasteiger partial charge in [-0.1, -0.05) is 0 Å². The van der Waals surface area contributed by atoms with Gasteiger partial charge < -0.3 is 10.2 Å². The minimum Gasteiger partial charge on any atom is -0.357 e. The standard InChI is InChI=1S/C17H22N6O2/c1-12-10-15(23-8-4-3-5-9-23)20-14(19-12)11-18-17(25)13-6-7-16(24)22(2)21-13/h6-7,10H,3-5,8-9,11H2,1-2H3,(H,18,25). The molecule has 1 aliphatic rings. The van der Waals surface area contributed by atoms with Crippen LogP contribution >= 0.6 is 0 Å². The largest absolute Gasteiger partial charge is 0.357 e. The third-order valence-corrected chi connectivity index (χ3v) is 4.17. The second-order valence-electron chi connectivity index (χ2n) is 6.19. The monoisotopic (exact) mass is 342 g/mol. The molecule has 0 atom stereocenters. The smallest absolute Gasteiger partial charge is 0.272 e. The molecular weight excluding hydrogens is 320 g/mol. The summed E-state index contributed by atoms with van der Waals surface area (Å²) in [5.74, 6) is 1.12. The molecule has 0 unspecified atom stereocenters. The third kappa shape index (κ3) is 4.20. The van der Waals surface area contributed by atoms with Crippen LogP contribution in [0, 0.1) is 6.92 Å². The van der Waals surface area contributed by atoms with E-state index in [4.69, 9.17) is 0 Å².